The number of rotatable bonds is 2. The molecule has 1 aromatic carbocycles. The minimum atomic E-state index is -0.165. The summed E-state index contributed by atoms with van der Waals surface area (Å²) in [5.74, 6) is 0. The second-order valence-electron chi connectivity index (χ2n) is 3.64. The van der Waals surface area contributed by atoms with E-state index in [2.05, 4.69) is 17.4 Å². The number of benzene rings is 1. The number of aliphatic hydroxyl groups is 1. The molecule has 0 aliphatic carbocycles. The molecule has 70 valence electrons. The molecule has 0 amide bonds. The van der Waals surface area contributed by atoms with E-state index in [9.17, 15) is 5.11 Å². The third-order valence-corrected chi connectivity index (χ3v) is 2.84. The van der Waals surface area contributed by atoms with Crippen molar-refractivity contribution in [3.8, 4) is 0 Å². The van der Waals surface area contributed by atoms with Crippen LogP contribution in [-0.2, 0) is 5.54 Å². The lowest BCUT2D eigenvalue weighted by molar-refractivity contribution is 0.178. The van der Waals surface area contributed by atoms with Crippen molar-refractivity contribution in [3.05, 3.63) is 35.9 Å². The van der Waals surface area contributed by atoms with Crippen LogP contribution in [-0.4, -0.2) is 18.3 Å². The van der Waals surface area contributed by atoms with E-state index < -0.39 is 0 Å². The van der Waals surface area contributed by atoms with Gasteiger partial charge in [-0.2, -0.15) is 0 Å². The summed E-state index contributed by atoms with van der Waals surface area (Å²) in [5.41, 5.74) is 1.04. The Bertz CT molecular complexity index is 265. The molecule has 1 atom stereocenters. The van der Waals surface area contributed by atoms with Crippen LogP contribution >= 0.6 is 0 Å². The molecule has 1 fully saturated rings. The van der Waals surface area contributed by atoms with Gasteiger partial charge in [0.1, 0.15) is 0 Å². The molecular weight excluding hydrogens is 162 g/mol. The lowest BCUT2D eigenvalue weighted by Crippen LogP contribution is -2.40. The molecule has 1 aliphatic heterocycles. The fourth-order valence-corrected chi connectivity index (χ4v) is 2.04. The third kappa shape index (κ3) is 1.47. The minimum Gasteiger partial charge on any atom is -0.394 e. The Morgan fingerprint density at radius 2 is 2.08 bits per heavy atom. The van der Waals surface area contributed by atoms with E-state index in [1.165, 1.54) is 5.56 Å². The van der Waals surface area contributed by atoms with Crippen molar-refractivity contribution in [2.45, 2.75) is 18.4 Å². The first-order valence-corrected chi connectivity index (χ1v) is 4.79. The molecule has 0 radical (unpaired) electrons. The molecule has 2 heteroatoms. The van der Waals surface area contributed by atoms with Gasteiger partial charge in [0, 0.05) is 0 Å². The number of hydrogen-bond acceptors (Lipinski definition) is 2. The Balaban J connectivity index is 2.31. The topological polar surface area (TPSA) is 32.3 Å². The van der Waals surface area contributed by atoms with Gasteiger partial charge >= 0.3 is 0 Å². The standard InChI is InChI=1S/C11H15NO/c13-9-11(7-4-8-12-11)10-5-2-1-3-6-10/h1-3,5-6,12-13H,4,7-9H2/t11-/m1/s1. The van der Waals surface area contributed by atoms with Gasteiger partial charge in [-0.3, -0.25) is 0 Å². The minimum absolute atomic E-state index is 0.165. The quantitative estimate of drug-likeness (QED) is 0.712. The van der Waals surface area contributed by atoms with Gasteiger partial charge in [-0.15, -0.1) is 0 Å². The molecule has 0 spiro atoms. The van der Waals surface area contributed by atoms with Crippen molar-refractivity contribution in [1.82, 2.24) is 5.32 Å². The third-order valence-electron chi connectivity index (χ3n) is 2.84. The van der Waals surface area contributed by atoms with Crippen molar-refractivity contribution in [2.75, 3.05) is 13.2 Å². The summed E-state index contributed by atoms with van der Waals surface area (Å²) < 4.78 is 0. The first kappa shape index (κ1) is 8.73. The summed E-state index contributed by atoms with van der Waals surface area (Å²) in [6.07, 6.45) is 2.18. The molecule has 1 heterocycles. The summed E-state index contributed by atoms with van der Waals surface area (Å²) in [6, 6.07) is 10.2. The highest BCUT2D eigenvalue weighted by atomic mass is 16.3. The van der Waals surface area contributed by atoms with Crippen LogP contribution in [0.25, 0.3) is 0 Å². The normalized spacial score (nSPS) is 27.8. The Kier molecular flexibility index (Phi) is 2.34. The largest absolute Gasteiger partial charge is 0.394 e. The van der Waals surface area contributed by atoms with Crippen molar-refractivity contribution in [2.24, 2.45) is 0 Å². The van der Waals surface area contributed by atoms with Gasteiger partial charge in [0.25, 0.3) is 0 Å². The monoisotopic (exact) mass is 177 g/mol. The molecule has 0 bridgehead atoms. The Morgan fingerprint density at radius 3 is 2.62 bits per heavy atom. The zero-order valence-electron chi connectivity index (χ0n) is 7.66. The maximum atomic E-state index is 9.41. The highest BCUT2D eigenvalue weighted by Gasteiger charge is 2.33. The molecule has 1 aliphatic rings. The molecular formula is C11H15NO. The second kappa shape index (κ2) is 3.48. The van der Waals surface area contributed by atoms with E-state index in [0.29, 0.717) is 0 Å². The summed E-state index contributed by atoms with van der Waals surface area (Å²) >= 11 is 0. The Morgan fingerprint density at radius 1 is 1.31 bits per heavy atom. The van der Waals surface area contributed by atoms with E-state index >= 15 is 0 Å². The van der Waals surface area contributed by atoms with E-state index in [1.54, 1.807) is 0 Å². The van der Waals surface area contributed by atoms with Crippen LogP contribution in [0, 0.1) is 0 Å². The summed E-state index contributed by atoms with van der Waals surface area (Å²) in [4.78, 5) is 0. The number of hydrogen-bond donors (Lipinski definition) is 2. The van der Waals surface area contributed by atoms with Crippen LogP contribution in [0.5, 0.6) is 0 Å². The SMILES string of the molecule is OC[C@@]1(c2ccccc2)CCCN1. The van der Waals surface area contributed by atoms with Gasteiger partial charge in [0.2, 0.25) is 0 Å². The molecule has 1 saturated heterocycles. The van der Waals surface area contributed by atoms with Crippen molar-refractivity contribution >= 4 is 0 Å². The summed E-state index contributed by atoms with van der Waals surface area (Å²) in [5, 5.41) is 12.8. The van der Waals surface area contributed by atoms with Crippen molar-refractivity contribution < 1.29 is 5.11 Å². The molecule has 0 aromatic heterocycles. The van der Waals surface area contributed by atoms with Crippen molar-refractivity contribution in [1.29, 1.82) is 0 Å². The highest BCUT2D eigenvalue weighted by molar-refractivity contribution is 5.25. The summed E-state index contributed by atoms with van der Waals surface area (Å²) in [7, 11) is 0. The lowest BCUT2D eigenvalue weighted by Gasteiger charge is -2.27. The fraction of sp³-hybridized carbons (Fsp3) is 0.455. The van der Waals surface area contributed by atoms with Crippen molar-refractivity contribution in [3.63, 3.8) is 0 Å². The summed E-state index contributed by atoms with van der Waals surface area (Å²) in [6.45, 7) is 1.20. The maximum absolute atomic E-state index is 9.41. The van der Waals surface area contributed by atoms with E-state index in [4.69, 9.17) is 0 Å². The molecule has 2 nitrogen and oxygen atoms in total. The van der Waals surface area contributed by atoms with Gasteiger partial charge in [-0.05, 0) is 24.9 Å². The average Bonchev–Trinajstić information content (AvgIpc) is 2.69. The number of nitrogens with one attached hydrogen (secondary N) is 1. The lowest BCUT2D eigenvalue weighted by atomic mass is 9.89. The zero-order chi connectivity index (χ0) is 9.15. The van der Waals surface area contributed by atoms with Crippen LogP contribution in [0.4, 0.5) is 0 Å². The van der Waals surface area contributed by atoms with Gasteiger partial charge in [0.05, 0.1) is 12.1 Å². The average molecular weight is 177 g/mol. The fourth-order valence-electron chi connectivity index (χ4n) is 2.04. The van der Waals surface area contributed by atoms with E-state index in [1.807, 2.05) is 18.2 Å². The molecule has 0 unspecified atom stereocenters. The van der Waals surface area contributed by atoms with Crippen LogP contribution in [0.1, 0.15) is 18.4 Å². The molecule has 13 heavy (non-hydrogen) atoms. The van der Waals surface area contributed by atoms with Gasteiger partial charge in [-0.1, -0.05) is 30.3 Å². The van der Waals surface area contributed by atoms with E-state index in [0.717, 1.165) is 19.4 Å². The smallest absolute Gasteiger partial charge is 0.0669 e. The predicted molar refractivity (Wildman–Crippen MR) is 52.4 cm³/mol. The van der Waals surface area contributed by atoms with Crippen LogP contribution < -0.4 is 5.32 Å². The maximum Gasteiger partial charge on any atom is 0.0669 e. The number of aliphatic hydroxyl groups excluding tert-OH is 1. The van der Waals surface area contributed by atoms with Crippen LogP contribution in [0.2, 0.25) is 0 Å². The van der Waals surface area contributed by atoms with E-state index in [-0.39, 0.29) is 12.1 Å². The zero-order valence-corrected chi connectivity index (χ0v) is 7.66. The highest BCUT2D eigenvalue weighted by Crippen LogP contribution is 2.29. The van der Waals surface area contributed by atoms with Gasteiger partial charge < -0.3 is 10.4 Å². The molecule has 2 N–H and O–H groups in total. The first-order valence-electron chi connectivity index (χ1n) is 4.79. The van der Waals surface area contributed by atoms with Crippen LogP contribution in [0.3, 0.4) is 0 Å². The van der Waals surface area contributed by atoms with Gasteiger partial charge in [0.15, 0.2) is 0 Å². The predicted octanol–water partition coefficient (Wildman–Crippen LogP) is 1.26. The molecule has 2 rings (SSSR count). The van der Waals surface area contributed by atoms with Crippen LogP contribution in [0.15, 0.2) is 30.3 Å². The first-order chi connectivity index (χ1) is 6.37. The Hall–Kier alpha value is -0.860. The molecule has 0 saturated carbocycles. The Labute approximate surface area is 78.6 Å². The second-order valence-corrected chi connectivity index (χ2v) is 3.64. The molecule has 1 aromatic rings. The van der Waals surface area contributed by atoms with Gasteiger partial charge in [-0.25, -0.2) is 0 Å².